The van der Waals surface area contributed by atoms with Gasteiger partial charge in [-0.05, 0) is 69.8 Å². The van der Waals surface area contributed by atoms with Crippen LogP contribution >= 0.6 is 23.2 Å². The summed E-state index contributed by atoms with van der Waals surface area (Å²) in [7, 11) is 3.99. The number of halogens is 2. The van der Waals surface area contributed by atoms with E-state index in [4.69, 9.17) is 23.2 Å². The second kappa shape index (κ2) is 14.2. The summed E-state index contributed by atoms with van der Waals surface area (Å²) in [4.78, 5) is 42.3. The SMILES string of the molecule is CN(C)CC/C=C/C(=O)Nc1cccc(N2CCC(NC(=O)c3[nH]ncc3NC(=O)c3c(Cl)cccc3Cl)CC2)c1. The molecule has 4 N–H and O–H groups in total. The molecule has 0 radical (unpaired) electrons. The molecule has 1 saturated heterocycles. The summed E-state index contributed by atoms with van der Waals surface area (Å²) < 4.78 is 0. The Kier molecular flexibility index (Phi) is 10.4. The fourth-order valence-electron chi connectivity index (χ4n) is 4.48. The molecule has 4 rings (SSSR count). The molecule has 0 saturated carbocycles. The molecule has 1 fully saturated rings. The molecule has 1 aliphatic heterocycles. The van der Waals surface area contributed by atoms with Gasteiger partial charge in [-0.2, -0.15) is 5.10 Å². The largest absolute Gasteiger partial charge is 0.371 e. The fraction of sp³-hybridized carbons (Fsp3) is 0.310. The zero-order valence-electron chi connectivity index (χ0n) is 22.9. The third kappa shape index (κ3) is 8.32. The highest BCUT2D eigenvalue weighted by atomic mass is 35.5. The zero-order chi connectivity index (χ0) is 29.4. The quantitative estimate of drug-likeness (QED) is 0.249. The predicted octanol–water partition coefficient (Wildman–Crippen LogP) is 4.81. The van der Waals surface area contributed by atoms with Crippen LogP contribution < -0.4 is 20.9 Å². The first kappa shape index (κ1) is 30.1. The van der Waals surface area contributed by atoms with Crippen LogP contribution in [0.15, 0.2) is 60.8 Å². The van der Waals surface area contributed by atoms with E-state index >= 15 is 0 Å². The molecule has 2 aromatic carbocycles. The number of piperidine rings is 1. The predicted molar refractivity (Wildman–Crippen MR) is 163 cm³/mol. The minimum atomic E-state index is -0.539. The first-order chi connectivity index (χ1) is 19.7. The Balaban J connectivity index is 1.29. The molecule has 3 aromatic rings. The zero-order valence-corrected chi connectivity index (χ0v) is 24.4. The second-order valence-corrected chi connectivity index (χ2v) is 10.8. The van der Waals surface area contributed by atoms with E-state index in [-0.39, 0.29) is 44.8 Å². The number of carbonyl (C=O) groups is 3. The summed E-state index contributed by atoms with van der Waals surface area (Å²) in [5.41, 5.74) is 2.22. The first-order valence-corrected chi connectivity index (χ1v) is 14.0. The average Bonchev–Trinajstić information content (AvgIpc) is 3.40. The molecule has 12 heteroatoms. The van der Waals surface area contributed by atoms with Crippen molar-refractivity contribution in [2.24, 2.45) is 0 Å². The van der Waals surface area contributed by atoms with E-state index in [9.17, 15) is 14.4 Å². The number of aromatic amines is 1. The Morgan fingerprint density at radius 3 is 2.46 bits per heavy atom. The normalized spacial score (nSPS) is 13.9. The second-order valence-electron chi connectivity index (χ2n) is 9.98. The van der Waals surface area contributed by atoms with Crippen molar-refractivity contribution in [2.45, 2.75) is 25.3 Å². The molecule has 0 bridgehead atoms. The number of hydrogen-bond donors (Lipinski definition) is 4. The summed E-state index contributed by atoms with van der Waals surface area (Å²) in [6, 6.07) is 12.5. The van der Waals surface area contributed by atoms with E-state index in [0.29, 0.717) is 0 Å². The van der Waals surface area contributed by atoms with E-state index in [1.54, 1.807) is 24.3 Å². The number of H-pyrrole nitrogens is 1. The summed E-state index contributed by atoms with van der Waals surface area (Å²) in [5.74, 6) is -1.07. The number of amides is 3. The van der Waals surface area contributed by atoms with Crippen molar-refractivity contribution in [3.05, 3.63) is 82.1 Å². The average molecular weight is 599 g/mol. The number of aromatic nitrogens is 2. The maximum Gasteiger partial charge on any atom is 0.271 e. The maximum absolute atomic E-state index is 13.0. The van der Waals surface area contributed by atoms with Gasteiger partial charge in [-0.1, -0.05) is 41.4 Å². The van der Waals surface area contributed by atoms with E-state index in [1.807, 2.05) is 44.4 Å². The van der Waals surface area contributed by atoms with Crippen molar-refractivity contribution in [2.75, 3.05) is 49.3 Å². The van der Waals surface area contributed by atoms with Crippen LogP contribution in [0.25, 0.3) is 0 Å². The molecule has 216 valence electrons. The van der Waals surface area contributed by atoms with Crippen molar-refractivity contribution < 1.29 is 14.4 Å². The molecule has 0 aliphatic carbocycles. The topological polar surface area (TPSA) is 122 Å². The summed E-state index contributed by atoms with van der Waals surface area (Å²) >= 11 is 12.3. The van der Waals surface area contributed by atoms with E-state index < -0.39 is 5.91 Å². The number of carbonyl (C=O) groups excluding carboxylic acids is 3. The highest BCUT2D eigenvalue weighted by Crippen LogP contribution is 2.26. The van der Waals surface area contributed by atoms with Gasteiger partial charge in [-0.3, -0.25) is 19.5 Å². The van der Waals surface area contributed by atoms with E-state index in [1.165, 1.54) is 6.20 Å². The van der Waals surface area contributed by atoms with Crippen LogP contribution in [0.2, 0.25) is 10.0 Å². The number of anilines is 3. The van der Waals surface area contributed by atoms with Crippen LogP contribution in [0.3, 0.4) is 0 Å². The van der Waals surface area contributed by atoms with Crippen LogP contribution in [0.1, 0.15) is 40.1 Å². The molecule has 10 nitrogen and oxygen atoms in total. The van der Waals surface area contributed by atoms with Crippen molar-refractivity contribution in [3.63, 3.8) is 0 Å². The highest BCUT2D eigenvalue weighted by Gasteiger charge is 2.25. The molecular weight excluding hydrogens is 565 g/mol. The molecule has 3 amide bonds. The van der Waals surface area contributed by atoms with Gasteiger partial charge < -0.3 is 25.8 Å². The molecule has 1 aliphatic rings. The van der Waals surface area contributed by atoms with Gasteiger partial charge in [-0.25, -0.2) is 0 Å². The molecule has 1 aromatic heterocycles. The standard InChI is InChI=1S/C29H33Cl2N7O3/c1-37(2)14-4-3-11-25(39)33-20-7-5-8-21(17-20)38-15-12-19(13-16-38)34-29(41)27-24(18-32-36-27)35-28(40)26-22(30)9-6-10-23(26)31/h3,5-11,17-19H,4,12-16H2,1-2H3,(H,32,36)(H,33,39)(H,34,41)(H,35,40)/b11-3+. The molecule has 0 atom stereocenters. The number of benzene rings is 2. The number of nitrogens with one attached hydrogen (secondary N) is 4. The smallest absolute Gasteiger partial charge is 0.271 e. The highest BCUT2D eigenvalue weighted by molar-refractivity contribution is 6.40. The van der Waals surface area contributed by atoms with Gasteiger partial charge in [0, 0.05) is 37.1 Å². The van der Waals surface area contributed by atoms with Gasteiger partial charge in [0.05, 0.1) is 27.5 Å². The van der Waals surface area contributed by atoms with Gasteiger partial charge >= 0.3 is 0 Å². The minimum absolute atomic E-state index is 0.0567. The summed E-state index contributed by atoms with van der Waals surface area (Å²) in [5, 5.41) is 15.6. The van der Waals surface area contributed by atoms with Gasteiger partial charge in [-0.15, -0.1) is 0 Å². The lowest BCUT2D eigenvalue weighted by molar-refractivity contribution is -0.111. The Bertz CT molecular complexity index is 1390. The summed E-state index contributed by atoms with van der Waals surface area (Å²) in [6.07, 6.45) is 7.05. The van der Waals surface area contributed by atoms with Crippen molar-refractivity contribution in [3.8, 4) is 0 Å². The Hall–Kier alpha value is -3.86. The van der Waals surface area contributed by atoms with Crippen LogP contribution in [0, 0.1) is 0 Å². The van der Waals surface area contributed by atoms with Crippen LogP contribution in [-0.2, 0) is 4.79 Å². The molecule has 41 heavy (non-hydrogen) atoms. The monoisotopic (exact) mass is 597 g/mol. The van der Waals surface area contributed by atoms with Crippen LogP contribution in [0.5, 0.6) is 0 Å². The maximum atomic E-state index is 13.0. The lowest BCUT2D eigenvalue weighted by Gasteiger charge is -2.34. The van der Waals surface area contributed by atoms with Gasteiger partial charge in [0.15, 0.2) is 0 Å². The third-order valence-electron chi connectivity index (χ3n) is 6.63. The molecule has 2 heterocycles. The molecule has 0 spiro atoms. The third-order valence-corrected chi connectivity index (χ3v) is 7.26. The van der Waals surface area contributed by atoms with Gasteiger partial charge in [0.25, 0.3) is 11.8 Å². The fourth-order valence-corrected chi connectivity index (χ4v) is 5.05. The van der Waals surface area contributed by atoms with Crippen molar-refractivity contribution in [1.82, 2.24) is 20.4 Å². The van der Waals surface area contributed by atoms with Crippen LogP contribution in [0.4, 0.5) is 17.1 Å². The van der Waals surface area contributed by atoms with Crippen LogP contribution in [-0.4, -0.2) is 72.6 Å². The first-order valence-electron chi connectivity index (χ1n) is 13.3. The Labute approximate surface area is 249 Å². The minimum Gasteiger partial charge on any atom is -0.371 e. The Morgan fingerprint density at radius 1 is 1.05 bits per heavy atom. The number of hydrogen-bond acceptors (Lipinski definition) is 6. The van der Waals surface area contributed by atoms with Gasteiger partial charge in [0.1, 0.15) is 5.69 Å². The number of rotatable bonds is 10. The lowest BCUT2D eigenvalue weighted by Crippen LogP contribution is -2.45. The lowest BCUT2D eigenvalue weighted by atomic mass is 10.0. The van der Waals surface area contributed by atoms with E-state index in [0.717, 1.165) is 50.3 Å². The van der Waals surface area contributed by atoms with Crippen molar-refractivity contribution >= 4 is 58.0 Å². The Morgan fingerprint density at radius 2 is 1.76 bits per heavy atom. The van der Waals surface area contributed by atoms with E-state index in [2.05, 4.69) is 35.9 Å². The molecule has 0 unspecified atom stereocenters. The summed E-state index contributed by atoms with van der Waals surface area (Å²) in [6.45, 7) is 2.34. The van der Waals surface area contributed by atoms with Gasteiger partial charge in [0.2, 0.25) is 5.91 Å². The molecular formula is C29H33Cl2N7O3. The number of nitrogens with zero attached hydrogens (tertiary/aromatic N) is 3. The van der Waals surface area contributed by atoms with Crippen molar-refractivity contribution in [1.29, 1.82) is 0 Å².